The highest BCUT2D eigenvalue weighted by atomic mass is 32.1. The van der Waals surface area contributed by atoms with Crippen molar-refractivity contribution in [3.05, 3.63) is 98.6 Å². The van der Waals surface area contributed by atoms with Gasteiger partial charge >= 0.3 is 0 Å². The number of fused-ring (bicyclic) bond motifs is 2. The third kappa shape index (κ3) is 3.64. The summed E-state index contributed by atoms with van der Waals surface area (Å²) in [5, 5.41) is 4.40. The molecule has 2 aromatic heterocycles. The van der Waals surface area contributed by atoms with Crippen LogP contribution in [0, 0.1) is 5.82 Å². The van der Waals surface area contributed by atoms with Gasteiger partial charge < -0.3 is 14.4 Å². The molecule has 5 aromatic rings. The van der Waals surface area contributed by atoms with Crippen LogP contribution in [0.3, 0.4) is 0 Å². The quantitative estimate of drug-likeness (QED) is 0.357. The number of carbonyl (C=O) groups excluding carboxylic acids is 1. The maximum atomic E-state index is 14.4. The molecule has 0 saturated heterocycles. The summed E-state index contributed by atoms with van der Waals surface area (Å²) in [6.07, 6.45) is 0. The fourth-order valence-electron chi connectivity index (χ4n) is 4.44. The van der Waals surface area contributed by atoms with Crippen molar-refractivity contribution in [1.29, 1.82) is 0 Å². The molecule has 1 amide bonds. The van der Waals surface area contributed by atoms with Gasteiger partial charge in [0.05, 0.1) is 32.0 Å². The zero-order chi connectivity index (χ0) is 25.7. The van der Waals surface area contributed by atoms with Crippen molar-refractivity contribution in [3.8, 4) is 22.9 Å². The van der Waals surface area contributed by atoms with Crippen molar-refractivity contribution in [2.75, 3.05) is 19.1 Å². The Labute approximate surface area is 213 Å². The van der Waals surface area contributed by atoms with Crippen molar-refractivity contribution in [3.63, 3.8) is 0 Å². The van der Waals surface area contributed by atoms with Gasteiger partial charge in [-0.1, -0.05) is 47.7 Å². The zero-order valence-corrected chi connectivity index (χ0v) is 20.6. The summed E-state index contributed by atoms with van der Waals surface area (Å²) in [5.41, 5.74) is 2.10. The topological polar surface area (TPSA) is 86.0 Å². The van der Waals surface area contributed by atoms with E-state index in [2.05, 4.69) is 10.1 Å². The predicted octanol–water partition coefficient (Wildman–Crippen LogP) is 3.44. The number of thiazole rings is 1. The van der Waals surface area contributed by atoms with Gasteiger partial charge in [0.2, 0.25) is 4.96 Å². The lowest BCUT2D eigenvalue weighted by molar-refractivity contribution is -0.113. The van der Waals surface area contributed by atoms with Crippen LogP contribution in [0.1, 0.15) is 11.1 Å². The van der Waals surface area contributed by atoms with E-state index in [0.717, 1.165) is 11.3 Å². The summed E-state index contributed by atoms with van der Waals surface area (Å²) in [6, 6.07) is 18.8. The maximum absolute atomic E-state index is 14.4. The van der Waals surface area contributed by atoms with Crippen LogP contribution in [0.15, 0.2) is 71.5 Å². The molecule has 0 atom stereocenters. The number of aromatic nitrogens is 3. The Morgan fingerprint density at radius 2 is 1.70 bits per heavy atom. The second-order valence-corrected chi connectivity index (χ2v) is 9.29. The predicted molar refractivity (Wildman–Crippen MR) is 137 cm³/mol. The summed E-state index contributed by atoms with van der Waals surface area (Å²) >= 11 is 1.10. The molecule has 10 heteroatoms. The van der Waals surface area contributed by atoms with E-state index in [-0.39, 0.29) is 22.6 Å². The Kier molecular flexibility index (Phi) is 5.45. The maximum Gasteiger partial charge on any atom is 0.291 e. The molecule has 1 aliphatic rings. The van der Waals surface area contributed by atoms with Gasteiger partial charge in [-0.25, -0.2) is 4.39 Å². The number of hydrogen-bond acceptors (Lipinski definition) is 7. The second kappa shape index (κ2) is 8.82. The minimum absolute atomic E-state index is 0.0461. The van der Waals surface area contributed by atoms with Crippen LogP contribution < -0.4 is 24.5 Å². The third-order valence-electron chi connectivity index (χ3n) is 6.24. The van der Waals surface area contributed by atoms with E-state index < -0.39 is 11.4 Å². The molecule has 37 heavy (non-hydrogen) atoms. The SMILES string of the molecule is COc1ccc(-c2nc3s/c(=C4\C(=O)N(Cc5ccccc5F)c5ccccc54)c(=O)n3n2)cc1OC. The van der Waals surface area contributed by atoms with E-state index in [9.17, 15) is 14.0 Å². The van der Waals surface area contributed by atoms with Crippen molar-refractivity contribution in [1.82, 2.24) is 14.6 Å². The minimum Gasteiger partial charge on any atom is -0.493 e. The number of anilines is 1. The van der Waals surface area contributed by atoms with Crippen LogP contribution in [0.4, 0.5) is 10.1 Å². The lowest BCUT2D eigenvalue weighted by Crippen LogP contribution is -2.32. The van der Waals surface area contributed by atoms with Gasteiger partial charge in [0.15, 0.2) is 17.3 Å². The highest BCUT2D eigenvalue weighted by Crippen LogP contribution is 2.36. The molecule has 6 rings (SSSR count). The molecule has 8 nitrogen and oxygen atoms in total. The van der Waals surface area contributed by atoms with Crippen LogP contribution >= 0.6 is 11.3 Å². The fourth-order valence-corrected chi connectivity index (χ4v) is 5.43. The standard InChI is InChI=1S/C27H19FN4O4S/c1-35-20-12-11-15(13-21(20)36-2)24-29-27-32(30-24)26(34)23(37-27)22-17-8-4-6-10-19(17)31(25(22)33)14-16-7-3-5-9-18(16)28/h3-13H,14H2,1-2H3/b23-22-. The number of methoxy groups -OCH3 is 2. The molecule has 184 valence electrons. The Morgan fingerprint density at radius 1 is 0.946 bits per heavy atom. The first kappa shape index (κ1) is 22.9. The van der Waals surface area contributed by atoms with E-state index in [0.29, 0.717) is 44.7 Å². The lowest BCUT2D eigenvalue weighted by atomic mass is 10.1. The van der Waals surface area contributed by atoms with Gasteiger partial charge in [0.25, 0.3) is 11.5 Å². The first-order valence-electron chi connectivity index (χ1n) is 11.3. The van der Waals surface area contributed by atoms with Crippen molar-refractivity contribution < 1.29 is 18.7 Å². The third-order valence-corrected chi connectivity index (χ3v) is 7.27. The van der Waals surface area contributed by atoms with Gasteiger partial charge in [0.1, 0.15) is 10.3 Å². The van der Waals surface area contributed by atoms with Gasteiger partial charge in [0, 0.05) is 16.7 Å². The van der Waals surface area contributed by atoms with Crippen molar-refractivity contribution in [2.45, 2.75) is 6.54 Å². The number of halogens is 1. The van der Waals surface area contributed by atoms with E-state index >= 15 is 0 Å². The molecule has 3 aromatic carbocycles. The smallest absolute Gasteiger partial charge is 0.291 e. The van der Waals surface area contributed by atoms with Crippen molar-refractivity contribution >= 4 is 33.5 Å². The van der Waals surface area contributed by atoms with Crippen LogP contribution in [0.5, 0.6) is 11.5 Å². The number of hydrogen-bond donors (Lipinski definition) is 0. The average molecular weight is 515 g/mol. The Balaban J connectivity index is 1.47. The molecule has 0 radical (unpaired) electrons. The number of amides is 1. The molecule has 0 N–H and O–H groups in total. The Bertz CT molecular complexity index is 1810. The number of carbonyl (C=O) groups is 1. The summed E-state index contributed by atoms with van der Waals surface area (Å²) in [5.74, 6) is 0.659. The molecule has 1 aliphatic heterocycles. The first-order valence-corrected chi connectivity index (χ1v) is 12.1. The van der Waals surface area contributed by atoms with E-state index in [4.69, 9.17) is 9.47 Å². The van der Waals surface area contributed by atoms with Gasteiger partial charge in [-0.2, -0.15) is 9.50 Å². The summed E-state index contributed by atoms with van der Waals surface area (Å²) < 4.78 is 26.4. The van der Waals surface area contributed by atoms with E-state index in [1.165, 1.54) is 22.6 Å². The summed E-state index contributed by atoms with van der Waals surface area (Å²) in [6.45, 7) is 0.0461. The fraction of sp³-hybridized carbons (Fsp3) is 0.111. The number of para-hydroxylation sites is 1. The minimum atomic E-state index is -0.440. The molecular formula is C27H19FN4O4S. The highest BCUT2D eigenvalue weighted by molar-refractivity contribution is 7.15. The van der Waals surface area contributed by atoms with Gasteiger partial charge in [-0.05, 0) is 30.3 Å². The Morgan fingerprint density at radius 3 is 2.46 bits per heavy atom. The van der Waals surface area contributed by atoms with Crippen LogP contribution in [-0.4, -0.2) is 34.7 Å². The number of benzene rings is 3. The van der Waals surface area contributed by atoms with Crippen LogP contribution in [0.2, 0.25) is 0 Å². The molecule has 0 fully saturated rings. The molecule has 0 bridgehead atoms. The van der Waals surface area contributed by atoms with E-state index in [1.807, 2.05) is 0 Å². The zero-order valence-electron chi connectivity index (χ0n) is 19.8. The molecule has 0 saturated carbocycles. The number of nitrogens with zero attached hydrogens (tertiary/aromatic N) is 4. The van der Waals surface area contributed by atoms with Gasteiger partial charge in [-0.15, -0.1) is 5.10 Å². The molecule has 0 unspecified atom stereocenters. The molecule has 0 spiro atoms. The number of ether oxygens (including phenoxy) is 2. The second-order valence-electron chi connectivity index (χ2n) is 8.31. The molecule has 0 aliphatic carbocycles. The number of rotatable bonds is 5. The first-order chi connectivity index (χ1) is 18.0. The Hall–Kier alpha value is -4.57. The monoisotopic (exact) mass is 514 g/mol. The summed E-state index contributed by atoms with van der Waals surface area (Å²) in [4.78, 5) is 33.4. The normalized spacial score (nSPS) is 14.4. The van der Waals surface area contributed by atoms with E-state index in [1.54, 1.807) is 67.8 Å². The average Bonchev–Trinajstić information content (AvgIpc) is 3.55. The largest absolute Gasteiger partial charge is 0.493 e. The van der Waals surface area contributed by atoms with Crippen molar-refractivity contribution in [2.24, 2.45) is 0 Å². The van der Waals surface area contributed by atoms with Gasteiger partial charge in [-0.3, -0.25) is 9.59 Å². The highest BCUT2D eigenvalue weighted by Gasteiger charge is 2.34. The summed E-state index contributed by atoms with van der Waals surface area (Å²) in [7, 11) is 3.08. The van der Waals surface area contributed by atoms with Crippen LogP contribution in [0.25, 0.3) is 21.9 Å². The molecular weight excluding hydrogens is 495 g/mol. The van der Waals surface area contributed by atoms with Crippen LogP contribution in [-0.2, 0) is 11.3 Å². The lowest BCUT2D eigenvalue weighted by Gasteiger charge is -2.17. The molecule has 3 heterocycles.